The number of rotatable bonds is 5. The van der Waals surface area contributed by atoms with Crippen molar-refractivity contribution in [3.63, 3.8) is 0 Å². The second-order valence-corrected chi connectivity index (χ2v) is 6.90. The first-order valence-electron chi connectivity index (χ1n) is 9.44. The van der Waals surface area contributed by atoms with Crippen molar-refractivity contribution >= 4 is 5.91 Å². The molecule has 2 unspecified atom stereocenters. The highest BCUT2D eigenvalue weighted by molar-refractivity contribution is 5.92. The molecule has 2 aromatic heterocycles. The van der Waals surface area contributed by atoms with Crippen LogP contribution in [0.3, 0.4) is 0 Å². The van der Waals surface area contributed by atoms with E-state index in [0.29, 0.717) is 17.0 Å². The molecule has 7 heteroatoms. The zero-order chi connectivity index (χ0) is 19.3. The quantitative estimate of drug-likeness (QED) is 0.715. The molecule has 1 aliphatic rings. The molecule has 1 aromatic carbocycles. The fourth-order valence-electron chi connectivity index (χ4n) is 3.49. The highest BCUT2D eigenvalue weighted by atomic mass is 19.1. The second-order valence-electron chi connectivity index (χ2n) is 6.90. The topological polar surface area (TPSA) is 71.8 Å². The molecule has 1 amide bonds. The number of nitrogens with zero attached hydrogens (tertiary/aromatic N) is 3. The summed E-state index contributed by atoms with van der Waals surface area (Å²) in [5, 5.41) is 10.8. The third-order valence-electron chi connectivity index (χ3n) is 4.93. The number of pyridine rings is 1. The van der Waals surface area contributed by atoms with Gasteiger partial charge in [-0.15, -0.1) is 0 Å². The number of carbonyl (C=O) groups is 1. The van der Waals surface area contributed by atoms with Crippen LogP contribution in [0.5, 0.6) is 0 Å². The molecule has 0 bridgehead atoms. The summed E-state index contributed by atoms with van der Waals surface area (Å²) in [5.74, 6) is -0.677. The van der Waals surface area contributed by atoms with Crippen LogP contribution in [-0.2, 0) is 0 Å². The maximum atomic E-state index is 13.8. The molecule has 144 valence electrons. The van der Waals surface area contributed by atoms with Gasteiger partial charge in [0.05, 0.1) is 17.8 Å². The Morgan fingerprint density at radius 3 is 2.93 bits per heavy atom. The number of hydrogen-bond acceptors (Lipinski definition) is 4. The van der Waals surface area contributed by atoms with Crippen LogP contribution in [0.1, 0.15) is 46.7 Å². The minimum Gasteiger partial charge on any atom is -0.338 e. The van der Waals surface area contributed by atoms with E-state index in [-0.39, 0.29) is 17.8 Å². The predicted molar refractivity (Wildman–Crippen MR) is 103 cm³/mol. The molecule has 4 rings (SSSR count). The standard InChI is InChI=1S/C21H22FN5O/c22-16-6-3-5-15(13-16)20(18-8-1-2-11-24-18)25-21(28)19-9-12-27(26-19)17-7-4-10-23-14-17/h1-3,5-6,8-9,11-13,17,20,23H,4,7,10,14H2,(H,25,28). The van der Waals surface area contributed by atoms with Crippen molar-refractivity contribution in [2.45, 2.75) is 24.9 Å². The Labute approximate surface area is 162 Å². The average Bonchev–Trinajstić information content (AvgIpc) is 3.24. The number of amides is 1. The molecule has 2 N–H and O–H groups in total. The van der Waals surface area contributed by atoms with Gasteiger partial charge in [0.1, 0.15) is 11.5 Å². The van der Waals surface area contributed by atoms with E-state index in [9.17, 15) is 9.18 Å². The van der Waals surface area contributed by atoms with Gasteiger partial charge in [0.15, 0.2) is 0 Å². The molecule has 1 fully saturated rings. The summed E-state index contributed by atoms with van der Waals surface area (Å²) in [6.45, 7) is 1.87. The zero-order valence-corrected chi connectivity index (χ0v) is 15.4. The van der Waals surface area contributed by atoms with E-state index in [1.807, 2.05) is 23.0 Å². The normalized spacial score (nSPS) is 17.8. The van der Waals surface area contributed by atoms with Crippen LogP contribution >= 0.6 is 0 Å². The highest BCUT2D eigenvalue weighted by Gasteiger charge is 2.22. The summed E-state index contributed by atoms with van der Waals surface area (Å²) < 4.78 is 15.6. The van der Waals surface area contributed by atoms with Gasteiger partial charge in [-0.2, -0.15) is 5.10 Å². The van der Waals surface area contributed by atoms with Crippen molar-refractivity contribution in [3.8, 4) is 0 Å². The summed E-state index contributed by atoms with van der Waals surface area (Å²) in [6, 6.07) is 13.0. The lowest BCUT2D eigenvalue weighted by Crippen LogP contribution is -2.33. The smallest absolute Gasteiger partial charge is 0.272 e. The van der Waals surface area contributed by atoms with Gasteiger partial charge in [-0.1, -0.05) is 18.2 Å². The Morgan fingerprint density at radius 2 is 2.18 bits per heavy atom. The lowest BCUT2D eigenvalue weighted by molar-refractivity contribution is 0.0935. The number of hydrogen-bond donors (Lipinski definition) is 2. The van der Waals surface area contributed by atoms with Gasteiger partial charge in [0.2, 0.25) is 0 Å². The first kappa shape index (κ1) is 18.3. The van der Waals surface area contributed by atoms with Crippen molar-refractivity contribution < 1.29 is 9.18 Å². The monoisotopic (exact) mass is 379 g/mol. The largest absolute Gasteiger partial charge is 0.338 e. The summed E-state index contributed by atoms with van der Waals surface area (Å²) in [5.41, 5.74) is 1.60. The molecule has 0 spiro atoms. The minimum atomic E-state index is -0.564. The number of aromatic nitrogens is 3. The molecular formula is C21H22FN5O. The van der Waals surface area contributed by atoms with Gasteiger partial charge in [-0.25, -0.2) is 4.39 Å². The molecule has 0 radical (unpaired) electrons. The molecule has 28 heavy (non-hydrogen) atoms. The number of piperidine rings is 1. The molecule has 3 heterocycles. The average molecular weight is 379 g/mol. The van der Waals surface area contributed by atoms with Crippen LogP contribution in [-0.4, -0.2) is 33.8 Å². The van der Waals surface area contributed by atoms with Crippen molar-refractivity contribution in [2.75, 3.05) is 13.1 Å². The SMILES string of the molecule is O=C(NC(c1cccc(F)c1)c1ccccn1)c1ccn(C2CCCNC2)n1. The van der Waals surface area contributed by atoms with Gasteiger partial charge in [0.25, 0.3) is 5.91 Å². The Balaban J connectivity index is 1.56. The first-order valence-corrected chi connectivity index (χ1v) is 9.44. The molecule has 0 saturated carbocycles. The lowest BCUT2D eigenvalue weighted by Gasteiger charge is -2.23. The minimum absolute atomic E-state index is 0.255. The fraction of sp³-hybridized carbons (Fsp3) is 0.286. The number of benzene rings is 1. The van der Waals surface area contributed by atoms with Gasteiger partial charge in [0, 0.05) is 18.9 Å². The van der Waals surface area contributed by atoms with Crippen molar-refractivity contribution in [3.05, 3.63) is 83.7 Å². The molecule has 2 atom stereocenters. The number of halogens is 1. The van der Waals surface area contributed by atoms with E-state index in [0.717, 1.165) is 25.9 Å². The van der Waals surface area contributed by atoms with E-state index >= 15 is 0 Å². The van der Waals surface area contributed by atoms with Crippen molar-refractivity contribution in [1.29, 1.82) is 0 Å². The number of nitrogens with one attached hydrogen (secondary N) is 2. The van der Waals surface area contributed by atoms with Crippen LogP contribution in [0.4, 0.5) is 4.39 Å². The molecule has 1 aliphatic heterocycles. The van der Waals surface area contributed by atoms with Gasteiger partial charge in [-0.05, 0) is 55.3 Å². The van der Waals surface area contributed by atoms with Crippen molar-refractivity contribution in [2.24, 2.45) is 0 Å². The Morgan fingerprint density at radius 1 is 1.25 bits per heavy atom. The Bertz CT molecular complexity index is 937. The van der Waals surface area contributed by atoms with E-state index in [1.165, 1.54) is 12.1 Å². The number of carbonyl (C=O) groups excluding carboxylic acids is 1. The Kier molecular flexibility index (Phi) is 5.43. The maximum Gasteiger partial charge on any atom is 0.272 e. The lowest BCUT2D eigenvalue weighted by atomic mass is 10.0. The molecule has 6 nitrogen and oxygen atoms in total. The highest BCUT2D eigenvalue weighted by Crippen LogP contribution is 2.22. The van der Waals surface area contributed by atoms with Gasteiger partial charge < -0.3 is 10.6 Å². The van der Waals surface area contributed by atoms with Crippen LogP contribution in [0.2, 0.25) is 0 Å². The summed E-state index contributed by atoms with van der Waals surface area (Å²) >= 11 is 0. The van der Waals surface area contributed by atoms with Crippen molar-refractivity contribution in [1.82, 2.24) is 25.4 Å². The predicted octanol–water partition coefficient (Wildman–Crippen LogP) is 2.86. The van der Waals surface area contributed by atoms with Crippen LogP contribution in [0, 0.1) is 5.82 Å². The van der Waals surface area contributed by atoms with E-state index < -0.39 is 6.04 Å². The summed E-state index contributed by atoms with van der Waals surface area (Å²) in [4.78, 5) is 17.2. The van der Waals surface area contributed by atoms with Crippen LogP contribution in [0.15, 0.2) is 60.9 Å². The first-order chi connectivity index (χ1) is 13.7. The van der Waals surface area contributed by atoms with Crippen LogP contribution < -0.4 is 10.6 Å². The van der Waals surface area contributed by atoms with Gasteiger partial charge >= 0.3 is 0 Å². The molecule has 0 aliphatic carbocycles. The summed E-state index contributed by atoms with van der Waals surface area (Å²) in [6.07, 6.45) is 5.62. The molecule has 1 saturated heterocycles. The van der Waals surface area contributed by atoms with E-state index in [2.05, 4.69) is 20.7 Å². The van der Waals surface area contributed by atoms with E-state index in [4.69, 9.17) is 0 Å². The zero-order valence-electron chi connectivity index (χ0n) is 15.4. The Hall–Kier alpha value is -3.06. The second kappa shape index (κ2) is 8.31. The molecule has 3 aromatic rings. The fourth-order valence-corrected chi connectivity index (χ4v) is 3.49. The van der Waals surface area contributed by atoms with E-state index in [1.54, 1.807) is 30.5 Å². The third-order valence-corrected chi connectivity index (χ3v) is 4.93. The molecular weight excluding hydrogens is 357 g/mol. The van der Waals surface area contributed by atoms with Crippen LogP contribution in [0.25, 0.3) is 0 Å². The van der Waals surface area contributed by atoms with Gasteiger partial charge in [-0.3, -0.25) is 14.5 Å². The summed E-state index contributed by atoms with van der Waals surface area (Å²) in [7, 11) is 0. The maximum absolute atomic E-state index is 13.8. The third kappa shape index (κ3) is 4.09.